The molecule has 0 spiro atoms. The van der Waals surface area contributed by atoms with Crippen molar-refractivity contribution in [2.75, 3.05) is 13.1 Å². The molecular weight excluding hydrogens is 255 g/mol. The summed E-state index contributed by atoms with van der Waals surface area (Å²) in [5.41, 5.74) is -1.25. The monoisotopic (exact) mass is 275 g/mol. The van der Waals surface area contributed by atoms with Gasteiger partial charge >= 0.3 is 6.18 Å². The fourth-order valence-electron chi connectivity index (χ4n) is 1.89. The van der Waals surface area contributed by atoms with Gasteiger partial charge in [-0.25, -0.2) is 0 Å². The second kappa shape index (κ2) is 6.39. The molecule has 0 aliphatic rings. The van der Waals surface area contributed by atoms with Crippen LogP contribution in [0.25, 0.3) is 0 Å². The fraction of sp³-hybridized carbons (Fsp3) is 0.571. The summed E-state index contributed by atoms with van der Waals surface area (Å²) >= 11 is 0. The van der Waals surface area contributed by atoms with E-state index in [2.05, 4.69) is 5.32 Å². The van der Waals surface area contributed by atoms with Crippen molar-refractivity contribution in [3.05, 3.63) is 35.4 Å². The lowest BCUT2D eigenvalue weighted by atomic mass is 9.95. The summed E-state index contributed by atoms with van der Waals surface area (Å²) in [6, 6.07) is 5.10. The Morgan fingerprint density at radius 1 is 1.26 bits per heavy atom. The number of hydrogen-bond acceptors (Lipinski definition) is 2. The number of alkyl halides is 3. The van der Waals surface area contributed by atoms with Crippen LogP contribution in [0.15, 0.2) is 24.3 Å². The van der Waals surface area contributed by atoms with Crippen molar-refractivity contribution in [2.24, 2.45) is 0 Å². The second-order valence-corrected chi connectivity index (χ2v) is 5.05. The fourth-order valence-corrected chi connectivity index (χ4v) is 1.89. The van der Waals surface area contributed by atoms with Crippen LogP contribution in [0.2, 0.25) is 0 Å². The van der Waals surface area contributed by atoms with Gasteiger partial charge in [-0.05, 0) is 31.5 Å². The average molecular weight is 275 g/mol. The molecule has 0 saturated carbocycles. The van der Waals surface area contributed by atoms with E-state index in [9.17, 15) is 18.3 Å². The smallest absolute Gasteiger partial charge is 0.389 e. The Bertz CT molecular complexity index is 402. The molecule has 0 aromatic heterocycles. The summed E-state index contributed by atoms with van der Waals surface area (Å²) in [6.07, 6.45) is -3.21. The predicted molar refractivity (Wildman–Crippen MR) is 68.9 cm³/mol. The molecule has 0 heterocycles. The molecular formula is C14H20F3NO. The van der Waals surface area contributed by atoms with Gasteiger partial charge in [0.25, 0.3) is 0 Å². The molecule has 5 heteroatoms. The Kier molecular flexibility index (Phi) is 5.38. The molecule has 0 aliphatic heterocycles. The van der Waals surface area contributed by atoms with E-state index in [0.717, 1.165) is 25.1 Å². The van der Waals surface area contributed by atoms with Crippen molar-refractivity contribution >= 4 is 0 Å². The zero-order valence-electron chi connectivity index (χ0n) is 11.2. The first kappa shape index (κ1) is 16.0. The largest absolute Gasteiger partial charge is 0.416 e. The predicted octanol–water partition coefficient (Wildman–Crippen LogP) is 3.00. The van der Waals surface area contributed by atoms with Crippen molar-refractivity contribution in [2.45, 2.75) is 38.5 Å². The van der Waals surface area contributed by atoms with Crippen LogP contribution in [-0.2, 0) is 12.6 Å². The Labute approximate surface area is 111 Å². The van der Waals surface area contributed by atoms with Crippen LogP contribution in [0.4, 0.5) is 13.2 Å². The van der Waals surface area contributed by atoms with Crippen LogP contribution in [0.1, 0.15) is 31.4 Å². The lowest BCUT2D eigenvalue weighted by molar-refractivity contribution is -0.137. The van der Waals surface area contributed by atoms with Crippen LogP contribution >= 0.6 is 0 Å². The van der Waals surface area contributed by atoms with Crippen molar-refractivity contribution in [1.29, 1.82) is 0 Å². The van der Waals surface area contributed by atoms with Gasteiger partial charge in [0.05, 0.1) is 11.2 Å². The summed E-state index contributed by atoms with van der Waals surface area (Å²) < 4.78 is 37.7. The summed E-state index contributed by atoms with van der Waals surface area (Å²) in [5, 5.41) is 13.2. The molecule has 1 rings (SSSR count). The van der Waals surface area contributed by atoms with E-state index in [-0.39, 0.29) is 6.42 Å². The van der Waals surface area contributed by atoms with Gasteiger partial charge in [0.15, 0.2) is 0 Å². The molecule has 2 N–H and O–H groups in total. The summed E-state index contributed by atoms with van der Waals surface area (Å²) in [6.45, 7) is 4.76. The highest BCUT2D eigenvalue weighted by Crippen LogP contribution is 2.30. The minimum atomic E-state index is -4.34. The molecule has 0 amide bonds. The molecule has 108 valence electrons. The van der Waals surface area contributed by atoms with E-state index < -0.39 is 17.3 Å². The highest BCUT2D eigenvalue weighted by molar-refractivity contribution is 5.26. The Hall–Kier alpha value is -1.07. The number of aliphatic hydroxyl groups is 1. The van der Waals surface area contributed by atoms with Crippen LogP contribution in [0.5, 0.6) is 0 Å². The van der Waals surface area contributed by atoms with E-state index in [1.54, 1.807) is 13.0 Å². The summed E-state index contributed by atoms with van der Waals surface area (Å²) in [4.78, 5) is 0. The molecule has 2 nitrogen and oxygen atoms in total. The first-order valence-electron chi connectivity index (χ1n) is 6.34. The Morgan fingerprint density at radius 2 is 1.95 bits per heavy atom. The number of halogens is 3. The number of hydrogen-bond donors (Lipinski definition) is 2. The topological polar surface area (TPSA) is 32.3 Å². The molecule has 1 unspecified atom stereocenters. The number of benzene rings is 1. The summed E-state index contributed by atoms with van der Waals surface area (Å²) in [5.74, 6) is 0. The quantitative estimate of drug-likeness (QED) is 0.782. The maximum absolute atomic E-state index is 12.6. The normalized spacial score (nSPS) is 15.3. The highest BCUT2D eigenvalue weighted by atomic mass is 19.4. The molecule has 1 atom stereocenters. The Balaban J connectivity index is 2.71. The van der Waals surface area contributed by atoms with Gasteiger partial charge in [0.1, 0.15) is 0 Å². The van der Waals surface area contributed by atoms with Gasteiger partial charge < -0.3 is 10.4 Å². The number of rotatable bonds is 6. The minimum absolute atomic E-state index is 0.188. The van der Waals surface area contributed by atoms with Crippen LogP contribution in [0, 0.1) is 0 Å². The van der Waals surface area contributed by atoms with Gasteiger partial charge in [-0.2, -0.15) is 13.2 Å². The van der Waals surface area contributed by atoms with Gasteiger partial charge in [-0.1, -0.05) is 25.1 Å². The Morgan fingerprint density at radius 3 is 2.53 bits per heavy atom. The van der Waals surface area contributed by atoms with E-state index >= 15 is 0 Å². The third kappa shape index (κ3) is 5.61. The molecule has 0 saturated heterocycles. The van der Waals surface area contributed by atoms with E-state index in [0.29, 0.717) is 12.1 Å². The van der Waals surface area contributed by atoms with Gasteiger partial charge in [0.2, 0.25) is 0 Å². The molecule has 1 aromatic carbocycles. The molecule has 0 fully saturated rings. The van der Waals surface area contributed by atoms with Crippen LogP contribution in [0.3, 0.4) is 0 Å². The van der Waals surface area contributed by atoms with Crippen LogP contribution < -0.4 is 5.32 Å². The molecule has 0 bridgehead atoms. The lowest BCUT2D eigenvalue weighted by Gasteiger charge is -2.24. The third-order valence-corrected chi connectivity index (χ3v) is 2.77. The molecule has 1 aromatic rings. The zero-order valence-corrected chi connectivity index (χ0v) is 11.2. The van der Waals surface area contributed by atoms with Crippen molar-refractivity contribution in [1.82, 2.24) is 5.32 Å². The first-order chi connectivity index (χ1) is 8.74. The van der Waals surface area contributed by atoms with Crippen LogP contribution in [-0.4, -0.2) is 23.8 Å². The average Bonchev–Trinajstić information content (AvgIpc) is 2.27. The molecule has 0 radical (unpaired) electrons. The van der Waals surface area contributed by atoms with Gasteiger partial charge in [-0.3, -0.25) is 0 Å². The standard InChI is InChI=1S/C14H20F3NO/c1-3-7-18-10-13(2,19)9-11-5-4-6-12(8-11)14(15,16)17/h4-6,8,18-19H,3,7,9-10H2,1-2H3. The maximum Gasteiger partial charge on any atom is 0.416 e. The summed E-state index contributed by atoms with van der Waals surface area (Å²) in [7, 11) is 0. The van der Waals surface area contributed by atoms with E-state index in [4.69, 9.17) is 0 Å². The second-order valence-electron chi connectivity index (χ2n) is 5.05. The highest BCUT2D eigenvalue weighted by Gasteiger charge is 2.31. The van der Waals surface area contributed by atoms with Gasteiger partial charge in [-0.15, -0.1) is 0 Å². The lowest BCUT2D eigenvalue weighted by Crippen LogP contribution is -2.40. The molecule has 0 aliphatic carbocycles. The van der Waals surface area contributed by atoms with Gasteiger partial charge in [0, 0.05) is 13.0 Å². The van der Waals surface area contributed by atoms with Crippen molar-refractivity contribution in [3.63, 3.8) is 0 Å². The van der Waals surface area contributed by atoms with E-state index in [1.807, 2.05) is 6.92 Å². The number of nitrogens with one attached hydrogen (secondary N) is 1. The minimum Gasteiger partial charge on any atom is -0.389 e. The first-order valence-corrected chi connectivity index (χ1v) is 6.34. The van der Waals surface area contributed by atoms with E-state index in [1.165, 1.54) is 6.07 Å². The van der Waals surface area contributed by atoms with Crippen molar-refractivity contribution < 1.29 is 18.3 Å². The third-order valence-electron chi connectivity index (χ3n) is 2.77. The zero-order chi connectivity index (χ0) is 14.5. The molecule has 19 heavy (non-hydrogen) atoms. The SMILES string of the molecule is CCCNCC(C)(O)Cc1cccc(C(F)(F)F)c1. The maximum atomic E-state index is 12.6. The van der Waals surface area contributed by atoms with Crippen molar-refractivity contribution in [3.8, 4) is 0 Å².